The molecule has 8 nitrogen and oxygen atoms in total. The molecule has 2 rings (SSSR count). The lowest BCUT2D eigenvalue weighted by atomic mass is 10.1. The molecule has 0 spiro atoms. The minimum atomic E-state index is -0.300. The lowest BCUT2D eigenvalue weighted by molar-refractivity contribution is -0.115. The van der Waals surface area contributed by atoms with Crippen LogP contribution in [0.2, 0.25) is 0 Å². The molecule has 10 heteroatoms. The van der Waals surface area contributed by atoms with Gasteiger partial charge in [-0.15, -0.1) is 10.2 Å². The Balaban J connectivity index is 2.12. The molecule has 0 bridgehead atoms. The van der Waals surface area contributed by atoms with E-state index in [4.69, 9.17) is 0 Å². The zero-order chi connectivity index (χ0) is 19.1. The van der Waals surface area contributed by atoms with Gasteiger partial charge < -0.3 is 16.0 Å². The van der Waals surface area contributed by atoms with Crippen LogP contribution in [0.3, 0.4) is 0 Å². The van der Waals surface area contributed by atoms with Gasteiger partial charge in [0.1, 0.15) is 0 Å². The van der Waals surface area contributed by atoms with Crippen molar-refractivity contribution in [1.29, 1.82) is 0 Å². The fraction of sp³-hybridized carbons (Fsp3) is 0.312. The molecule has 0 saturated heterocycles. The summed E-state index contributed by atoms with van der Waals surface area (Å²) in [7, 11) is 0. The largest absolute Gasteiger partial charge is 0.360 e. The third kappa shape index (κ3) is 5.81. The van der Waals surface area contributed by atoms with E-state index in [1.165, 1.54) is 36.9 Å². The van der Waals surface area contributed by atoms with Crippen molar-refractivity contribution in [3.63, 3.8) is 0 Å². The van der Waals surface area contributed by atoms with E-state index in [2.05, 4.69) is 26.1 Å². The van der Waals surface area contributed by atoms with E-state index >= 15 is 0 Å². The molecular formula is C16H19N5O3S2. The molecule has 0 aliphatic carbocycles. The molecule has 1 aromatic heterocycles. The fourth-order valence-electron chi connectivity index (χ4n) is 2.06. The summed E-state index contributed by atoms with van der Waals surface area (Å²) in [5.41, 5.74) is 1.24. The van der Waals surface area contributed by atoms with Gasteiger partial charge in [0, 0.05) is 31.6 Å². The van der Waals surface area contributed by atoms with Crippen LogP contribution in [0.25, 0.3) is 0 Å². The number of nitrogens with zero attached hydrogens (tertiary/aromatic N) is 2. The Morgan fingerprint density at radius 1 is 1.12 bits per heavy atom. The summed E-state index contributed by atoms with van der Waals surface area (Å²) in [4.78, 5) is 35.2. The molecule has 0 radical (unpaired) electrons. The van der Waals surface area contributed by atoms with Crippen LogP contribution >= 0.6 is 23.1 Å². The van der Waals surface area contributed by atoms with E-state index in [1.54, 1.807) is 18.2 Å². The monoisotopic (exact) mass is 393 g/mol. The number of amides is 2. The Morgan fingerprint density at radius 2 is 1.85 bits per heavy atom. The molecule has 1 heterocycles. The van der Waals surface area contributed by atoms with Gasteiger partial charge in [0.25, 0.3) is 0 Å². The van der Waals surface area contributed by atoms with Crippen LogP contribution in [0.15, 0.2) is 22.5 Å². The van der Waals surface area contributed by atoms with Gasteiger partial charge in [0.05, 0.1) is 11.4 Å². The van der Waals surface area contributed by atoms with Crippen LogP contribution in [0.5, 0.6) is 0 Å². The summed E-state index contributed by atoms with van der Waals surface area (Å²) >= 11 is 2.66. The van der Waals surface area contributed by atoms with Crippen molar-refractivity contribution in [2.45, 2.75) is 25.1 Å². The van der Waals surface area contributed by atoms with Crippen LogP contribution in [0.1, 0.15) is 31.1 Å². The summed E-state index contributed by atoms with van der Waals surface area (Å²) in [6, 6.07) is 4.78. The van der Waals surface area contributed by atoms with E-state index in [-0.39, 0.29) is 23.4 Å². The number of anilines is 3. The molecule has 2 aromatic rings. The van der Waals surface area contributed by atoms with E-state index in [9.17, 15) is 14.4 Å². The molecular weight excluding hydrogens is 374 g/mol. The van der Waals surface area contributed by atoms with Gasteiger partial charge >= 0.3 is 0 Å². The predicted molar refractivity (Wildman–Crippen MR) is 104 cm³/mol. The van der Waals surface area contributed by atoms with Crippen LogP contribution < -0.4 is 16.0 Å². The van der Waals surface area contributed by atoms with Crippen molar-refractivity contribution >= 4 is 57.2 Å². The highest BCUT2D eigenvalue weighted by Crippen LogP contribution is 2.28. The van der Waals surface area contributed by atoms with Gasteiger partial charge in [0.15, 0.2) is 10.1 Å². The van der Waals surface area contributed by atoms with E-state index < -0.39 is 0 Å². The minimum absolute atomic E-state index is 0.159. The second kappa shape index (κ2) is 9.30. The Labute approximate surface area is 159 Å². The maximum atomic E-state index is 12.6. The summed E-state index contributed by atoms with van der Waals surface area (Å²) in [5, 5.41) is 17.0. The molecule has 3 N–H and O–H groups in total. The number of benzene rings is 1. The minimum Gasteiger partial charge on any atom is -0.360 e. The number of carbonyl (C=O) groups excluding carboxylic acids is 3. The Morgan fingerprint density at radius 3 is 2.50 bits per heavy atom. The first-order chi connectivity index (χ1) is 12.4. The predicted octanol–water partition coefficient (Wildman–Crippen LogP) is 2.86. The summed E-state index contributed by atoms with van der Waals surface area (Å²) in [6.07, 6.45) is 0. The van der Waals surface area contributed by atoms with E-state index in [0.717, 1.165) is 6.54 Å². The number of ketones is 1. The topological polar surface area (TPSA) is 113 Å². The first-order valence-corrected chi connectivity index (χ1v) is 9.61. The molecule has 26 heavy (non-hydrogen) atoms. The van der Waals surface area contributed by atoms with Crippen molar-refractivity contribution in [3.8, 4) is 0 Å². The molecule has 0 atom stereocenters. The highest BCUT2D eigenvalue weighted by Gasteiger charge is 2.15. The smallest absolute Gasteiger partial charge is 0.221 e. The Bertz CT molecular complexity index is 822. The number of carbonyl (C=O) groups is 3. The molecule has 2 amide bonds. The van der Waals surface area contributed by atoms with Crippen molar-refractivity contribution < 1.29 is 14.4 Å². The van der Waals surface area contributed by atoms with Gasteiger partial charge in [-0.25, -0.2) is 0 Å². The van der Waals surface area contributed by atoms with Gasteiger partial charge in [-0.05, 0) is 25.1 Å². The Kier molecular flexibility index (Phi) is 7.10. The second-order valence-corrected chi connectivity index (χ2v) is 7.44. The van der Waals surface area contributed by atoms with Crippen molar-refractivity contribution in [1.82, 2.24) is 10.2 Å². The average molecular weight is 393 g/mol. The normalized spacial score (nSPS) is 10.3. The van der Waals surface area contributed by atoms with Gasteiger partial charge in [-0.1, -0.05) is 23.1 Å². The average Bonchev–Trinajstić information content (AvgIpc) is 3.00. The van der Waals surface area contributed by atoms with Crippen LogP contribution in [-0.2, 0) is 9.59 Å². The van der Waals surface area contributed by atoms with E-state index in [1.807, 2.05) is 6.92 Å². The number of nitrogens with one attached hydrogen (secondary N) is 3. The number of Topliss-reactive ketones (excluding diaryl/α,β-unsaturated/α-hetero) is 1. The molecule has 0 aliphatic rings. The quantitative estimate of drug-likeness (QED) is 0.467. The zero-order valence-electron chi connectivity index (χ0n) is 14.6. The van der Waals surface area contributed by atoms with Gasteiger partial charge in [0.2, 0.25) is 16.9 Å². The summed E-state index contributed by atoms with van der Waals surface area (Å²) < 4.78 is 0.685. The number of hydrogen-bond donors (Lipinski definition) is 3. The number of hydrogen-bond acceptors (Lipinski definition) is 8. The molecule has 0 unspecified atom stereocenters. The third-order valence-corrected chi connectivity index (χ3v) is 5.03. The zero-order valence-corrected chi connectivity index (χ0v) is 16.2. The highest BCUT2D eigenvalue weighted by molar-refractivity contribution is 8.01. The maximum absolute atomic E-state index is 12.6. The molecule has 138 valence electrons. The van der Waals surface area contributed by atoms with Crippen molar-refractivity contribution in [2.75, 3.05) is 28.2 Å². The maximum Gasteiger partial charge on any atom is 0.221 e. The van der Waals surface area contributed by atoms with E-state index in [0.29, 0.717) is 26.4 Å². The number of aromatic nitrogens is 2. The SMILES string of the molecule is CCNc1nnc(SCC(=O)c2ccc(NC(C)=O)cc2NC(C)=O)s1. The molecule has 0 fully saturated rings. The first-order valence-electron chi connectivity index (χ1n) is 7.81. The second-order valence-electron chi connectivity index (χ2n) is 5.24. The van der Waals surface area contributed by atoms with Crippen LogP contribution in [0, 0.1) is 0 Å². The lowest BCUT2D eigenvalue weighted by Crippen LogP contribution is -2.13. The van der Waals surface area contributed by atoms with Crippen molar-refractivity contribution in [2.24, 2.45) is 0 Å². The van der Waals surface area contributed by atoms with Crippen LogP contribution in [0.4, 0.5) is 16.5 Å². The number of thioether (sulfide) groups is 1. The summed E-state index contributed by atoms with van der Waals surface area (Å²) in [6.45, 7) is 5.46. The van der Waals surface area contributed by atoms with Gasteiger partial charge in [-0.2, -0.15) is 0 Å². The van der Waals surface area contributed by atoms with Gasteiger partial charge in [-0.3, -0.25) is 14.4 Å². The van der Waals surface area contributed by atoms with Crippen molar-refractivity contribution in [3.05, 3.63) is 23.8 Å². The molecule has 0 saturated carbocycles. The standard InChI is InChI=1S/C16H19N5O3S2/c1-4-17-15-20-21-16(26-15)25-8-14(24)12-6-5-11(18-9(2)22)7-13(12)19-10(3)23/h5-7H,4,8H2,1-3H3,(H,17,20)(H,18,22)(H,19,23). The third-order valence-electron chi connectivity index (χ3n) is 3.01. The first kappa shape index (κ1) is 19.9. The Hall–Kier alpha value is -2.46. The molecule has 0 aliphatic heterocycles. The number of rotatable bonds is 8. The highest BCUT2D eigenvalue weighted by atomic mass is 32.2. The lowest BCUT2D eigenvalue weighted by Gasteiger charge is -2.11. The fourth-order valence-corrected chi connectivity index (χ4v) is 3.76. The molecule has 1 aromatic carbocycles. The van der Waals surface area contributed by atoms with Crippen LogP contribution in [-0.4, -0.2) is 40.1 Å². The summed E-state index contributed by atoms with van der Waals surface area (Å²) in [5.74, 6) is -0.534.